The third-order valence-electron chi connectivity index (χ3n) is 2.83. The maximum atomic E-state index is 13.3. The van der Waals surface area contributed by atoms with Crippen LogP contribution in [0.15, 0.2) is 34.8 Å². The maximum absolute atomic E-state index is 13.3. The summed E-state index contributed by atoms with van der Waals surface area (Å²) < 4.78 is 37.1. The van der Waals surface area contributed by atoms with Crippen molar-refractivity contribution in [3.8, 4) is 11.5 Å². The summed E-state index contributed by atoms with van der Waals surface area (Å²) in [4.78, 5) is 12.5. The Balaban J connectivity index is 2.57. The van der Waals surface area contributed by atoms with E-state index in [9.17, 15) is 13.6 Å². The lowest BCUT2D eigenvalue weighted by Gasteiger charge is -2.12. The van der Waals surface area contributed by atoms with Crippen LogP contribution in [0.5, 0.6) is 11.5 Å². The molecule has 0 aliphatic rings. The summed E-state index contributed by atoms with van der Waals surface area (Å²) in [6.45, 7) is 0. The van der Waals surface area contributed by atoms with Gasteiger partial charge in [0.05, 0.1) is 19.8 Å². The van der Waals surface area contributed by atoms with Crippen LogP contribution in [0.1, 0.15) is 15.9 Å². The van der Waals surface area contributed by atoms with Crippen molar-refractivity contribution in [2.24, 2.45) is 0 Å². The summed E-state index contributed by atoms with van der Waals surface area (Å²) in [5.74, 6) is -1.46. The van der Waals surface area contributed by atoms with Gasteiger partial charge in [-0.25, -0.2) is 8.78 Å². The number of methoxy groups -OCH3 is 2. The molecule has 0 aromatic heterocycles. The smallest absolute Gasteiger partial charge is 0.198 e. The summed E-state index contributed by atoms with van der Waals surface area (Å²) in [6.07, 6.45) is 0. The molecule has 2 aromatic rings. The molecule has 0 amide bonds. The molecule has 0 aliphatic heterocycles. The third-order valence-corrected chi connectivity index (χ3v) is 3.46. The Kier molecular flexibility index (Phi) is 4.57. The molecule has 0 atom stereocenters. The topological polar surface area (TPSA) is 35.5 Å². The van der Waals surface area contributed by atoms with E-state index in [1.165, 1.54) is 20.3 Å². The van der Waals surface area contributed by atoms with Crippen LogP contribution in [0.25, 0.3) is 0 Å². The summed E-state index contributed by atoms with van der Waals surface area (Å²) in [5.41, 5.74) is 0.0694. The van der Waals surface area contributed by atoms with Gasteiger partial charge in [-0.05, 0) is 34.1 Å². The molecule has 0 heterocycles. The first-order chi connectivity index (χ1) is 9.96. The molecule has 0 saturated carbocycles. The summed E-state index contributed by atoms with van der Waals surface area (Å²) >= 11 is 3.25. The van der Waals surface area contributed by atoms with Crippen molar-refractivity contribution in [3.05, 3.63) is 57.6 Å². The van der Waals surface area contributed by atoms with E-state index in [1.54, 1.807) is 6.07 Å². The molecule has 0 unspecified atom stereocenters. The van der Waals surface area contributed by atoms with Crippen LogP contribution in [0.2, 0.25) is 0 Å². The van der Waals surface area contributed by atoms with E-state index in [0.29, 0.717) is 16.3 Å². The zero-order chi connectivity index (χ0) is 15.6. The number of rotatable bonds is 4. The quantitative estimate of drug-likeness (QED) is 0.777. The number of ether oxygens (including phenoxy) is 2. The summed E-state index contributed by atoms with van der Waals surface area (Å²) in [7, 11) is 2.87. The minimum absolute atomic E-state index is 0.100. The van der Waals surface area contributed by atoms with Crippen molar-refractivity contribution in [2.45, 2.75) is 0 Å². The van der Waals surface area contributed by atoms with Crippen LogP contribution in [0.3, 0.4) is 0 Å². The van der Waals surface area contributed by atoms with Crippen molar-refractivity contribution >= 4 is 21.7 Å². The number of ketones is 1. The molecule has 0 radical (unpaired) electrons. The van der Waals surface area contributed by atoms with Gasteiger partial charge in [-0.15, -0.1) is 0 Å². The Morgan fingerprint density at radius 3 is 2.14 bits per heavy atom. The van der Waals surface area contributed by atoms with Crippen molar-refractivity contribution in [1.82, 2.24) is 0 Å². The van der Waals surface area contributed by atoms with Crippen molar-refractivity contribution in [2.75, 3.05) is 14.2 Å². The molecule has 2 aromatic carbocycles. The average molecular weight is 357 g/mol. The van der Waals surface area contributed by atoms with Gasteiger partial charge in [0.2, 0.25) is 0 Å². The Morgan fingerprint density at radius 1 is 1.00 bits per heavy atom. The predicted molar refractivity (Wildman–Crippen MR) is 77.0 cm³/mol. The second-order valence-corrected chi connectivity index (χ2v) is 5.03. The van der Waals surface area contributed by atoms with Crippen molar-refractivity contribution in [3.63, 3.8) is 0 Å². The van der Waals surface area contributed by atoms with Crippen LogP contribution >= 0.6 is 15.9 Å². The monoisotopic (exact) mass is 356 g/mol. The minimum Gasteiger partial charge on any atom is -0.497 e. The van der Waals surface area contributed by atoms with Crippen molar-refractivity contribution < 1.29 is 23.0 Å². The normalized spacial score (nSPS) is 10.3. The zero-order valence-corrected chi connectivity index (χ0v) is 12.8. The van der Waals surface area contributed by atoms with Gasteiger partial charge in [0, 0.05) is 22.2 Å². The lowest BCUT2D eigenvalue weighted by molar-refractivity contribution is 0.103. The Morgan fingerprint density at radius 2 is 1.62 bits per heavy atom. The van der Waals surface area contributed by atoms with Crippen LogP contribution in [-0.2, 0) is 0 Å². The third kappa shape index (κ3) is 3.21. The molecule has 0 N–H and O–H groups in total. The van der Waals surface area contributed by atoms with E-state index in [-0.39, 0.29) is 16.9 Å². The first kappa shape index (κ1) is 15.4. The standard InChI is InChI=1S/C15H11BrF2O3/c1-20-11-6-12(16)14(13(7-11)21-2)15(19)8-3-9(17)5-10(18)4-8/h3-7H,1-2H3. The number of carbonyl (C=O) groups excluding carboxylic acids is 1. The number of hydrogen-bond acceptors (Lipinski definition) is 3. The molecular formula is C15H11BrF2O3. The minimum atomic E-state index is -0.818. The van der Waals surface area contributed by atoms with E-state index in [0.717, 1.165) is 12.1 Å². The van der Waals surface area contributed by atoms with Gasteiger partial charge in [0.25, 0.3) is 0 Å². The molecule has 110 valence electrons. The number of halogens is 3. The molecule has 0 bridgehead atoms. The van der Waals surface area contributed by atoms with Gasteiger partial charge in [-0.2, -0.15) is 0 Å². The number of carbonyl (C=O) groups is 1. The summed E-state index contributed by atoms with van der Waals surface area (Å²) in [5, 5.41) is 0. The van der Waals surface area contributed by atoms with Crippen LogP contribution in [-0.4, -0.2) is 20.0 Å². The molecule has 0 fully saturated rings. The SMILES string of the molecule is COc1cc(Br)c(C(=O)c2cc(F)cc(F)c2)c(OC)c1. The second kappa shape index (κ2) is 6.22. The van der Waals surface area contributed by atoms with Gasteiger partial charge in [-0.3, -0.25) is 4.79 Å². The van der Waals surface area contributed by atoms with Gasteiger partial charge in [-0.1, -0.05) is 0 Å². The lowest BCUT2D eigenvalue weighted by Crippen LogP contribution is -2.06. The first-order valence-electron chi connectivity index (χ1n) is 5.88. The highest BCUT2D eigenvalue weighted by Gasteiger charge is 2.20. The Labute approximate surface area is 128 Å². The van der Waals surface area contributed by atoms with E-state index >= 15 is 0 Å². The van der Waals surface area contributed by atoms with Crippen LogP contribution in [0.4, 0.5) is 8.78 Å². The molecule has 2 rings (SSSR count). The van der Waals surface area contributed by atoms with Crippen LogP contribution in [0, 0.1) is 11.6 Å². The highest BCUT2D eigenvalue weighted by Crippen LogP contribution is 2.34. The number of hydrogen-bond donors (Lipinski definition) is 0. The maximum Gasteiger partial charge on any atom is 0.198 e. The molecule has 6 heteroatoms. The van der Waals surface area contributed by atoms with Gasteiger partial charge >= 0.3 is 0 Å². The Hall–Kier alpha value is -1.95. The Bertz CT molecular complexity index is 681. The van der Waals surface area contributed by atoms with Gasteiger partial charge in [0.1, 0.15) is 23.1 Å². The van der Waals surface area contributed by atoms with E-state index in [2.05, 4.69) is 15.9 Å². The van der Waals surface area contributed by atoms with Gasteiger partial charge in [0.15, 0.2) is 5.78 Å². The van der Waals surface area contributed by atoms with E-state index in [4.69, 9.17) is 9.47 Å². The molecule has 0 spiro atoms. The fourth-order valence-corrected chi connectivity index (χ4v) is 2.49. The molecule has 0 aliphatic carbocycles. The molecule has 21 heavy (non-hydrogen) atoms. The highest BCUT2D eigenvalue weighted by molar-refractivity contribution is 9.10. The average Bonchev–Trinajstić information content (AvgIpc) is 2.44. The lowest BCUT2D eigenvalue weighted by atomic mass is 10.0. The van der Waals surface area contributed by atoms with Gasteiger partial charge < -0.3 is 9.47 Å². The fraction of sp³-hybridized carbons (Fsp3) is 0.133. The second-order valence-electron chi connectivity index (χ2n) is 4.17. The first-order valence-corrected chi connectivity index (χ1v) is 6.68. The van der Waals surface area contributed by atoms with E-state index in [1.807, 2.05) is 0 Å². The molecule has 3 nitrogen and oxygen atoms in total. The van der Waals surface area contributed by atoms with Crippen LogP contribution < -0.4 is 9.47 Å². The number of benzene rings is 2. The predicted octanol–water partition coefficient (Wildman–Crippen LogP) is 3.98. The van der Waals surface area contributed by atoms with E-state index < -0.39 is 17.4 Å². The zero-order valence-electron chi connectivity index (χ0n) is 11.2. The molecular weight excluding hydrogens is 346 g/mol. The molecule has 0 saturated heterocycles. The largest absolute Gasteiger partial charge is 0.497 e. The van der Waals surface area contributed by atoms with Crippen molar-refractivity contribution in [1.29, 1.82) is 0 Å². The highest BCUT2D eigenvalue weighted by atomic mass is 79.9. The fourth-order valence-electron chi connectivity index (χ4n) is 1.89. The summed E-state index contributed by atoms with van der Waals surface area (Å²) in [6, 6.07) is 5.75.